The average Bonchev–Trinajstić information content (AvgIpc) is 2.74. The highest BCUT2D eigenvalue weighted by molar-refractivity contribution is 7.89. The van der Waals surface area contributed by atoms with Crippen LogP contribution in [0.2, 0.25) is 10.0 Å². The van der Waals surface area contributed by atoms with E-state index >= 15 is 0 Å². The Morgan fingerprint density at radius 1 is 0.677 bits per heavy atom. The largest absolute Gasteiger partial charge is 0.242 e. The molecule has 0 saturated heterocycles. The molecule has 0 heterocycles. The van der Waals surface area contributed by atoms with Crippen molar-refractivity contribution in [3.05, 3.63) is 28.2 Å². The molecule has 6 heteroatoms. The van der Waals surface area contributed by atoms with Gasteiger partial charge in [0.1, 0.15) is 4.90 Å². The quantitative estimate of drug-likeness (QED) is 0.185. The molecule has 0 amide bonds. The van der Waals surface area contributed by atoms with Crippen molar-refractivity contribution in [1.29, 1.82) is 0 Å². The maximum absolute atomic E-state index is 12.3. The van der Waals surface area contributed by atoms with Crippen LogP contribution in [0.25, 0.3) is 0 Å². The van der Waals surface area contributed by atoms with Crippen LogP contribution in [-0.4, -0.2) is 15.0 Å². The minimum atomic E-state index is -3.60. The van der Waals surface area contributed by atoms with E-state index in [4.69, 9.17) is 23.2 Å². The van der Waals surface area contributed by atoms with Crippen LogP contribution in [0.4, 0.5) is 0 Å². The fraction of sp³-hybridized carbons (Fsp3) is 0.760. The first kappa shape index (κ1) is 28.7. The molecule has 1 N–H and O–H groups in total. The van der Waals surface area contributed by atoms with Gasteiger partial charge in [-0.3, -0.25) is 0 Å². The molecular weight excluding hydrogens is 449 g/mol. The molecule has 0 fully saturated rings. The fourth-order valence-electron chi connectivity index (χ4n) is 3.82. The summed E-state index contributed by atoms with van der Waals surface area (Å²) < 4.78 is 27.3. The van der Waals surface area contributed by atoms with Crippen LogP contribution in [0.15, 0.2) is 23.1 Å². The summed E-state index contributed by atoms with van der Waals surface area (Å²) in [5, 5.41) is 0.557. The van der Waals surface area contributed by atoms with Gasteiger partial charge in [-0.2, -0.15) is 0 Å². The van der Waals surface area contributed by atoms with Crippen molar-refractivity contribution in [2.24, 2.45) is 0 Å². The lowest BCUT2D eigenvalue weighted by atomic mass is 10.0. The van der Waals surface area contributed by atoms with Crippen LogP contribution in [0.5, 0.6) is 0 Å². The summed E-state index contributed by atoms with van der Waals surface area (Å²) in [6.45, 7) is 2.71. The molecule has 0 aliphatic heterocycles. The highest BCUT2D eigenvalue weighted by atomic mass is 35.5. The van der Waals surface area contributed by atoms with Gasteiger partial charge in [0, 0.05) is 11.6 Å². The third-order valence-corrected chi connectivity index (χ3v) is 7.93. The Morgan fingerprint density at radius 3 is 1.55 bits per heavy atom. The van der Waals surface area contributed by atoms with Crippen molar-refractivity contribution in [1.82, 2.24) is 4.72 Å². The zero-order chi connectivity index (χ0) is 22.8. The number of rotatable bonds is 20. The zero-order valence-corrected chi connectivity index (χ0v) is 21.8. The van der Waals surface area contributed by atoms with Crippen molar-refractivity contribution in [3.8, 4) is 0 Å². The van der Waals surface area contributed by atoms with Crippen LogP contribution in [-0.2, 0) is 10.0 Å². The second-order valence-electron chi connectivity index (χ2n) is 8.63. The smallest absolute Gasteiger partial charge is 0.211 e. The first-order valence-corrected chi connectivity index (χ1v) is 14.7. The van der Waals surface area contributed by atoms with Crippen molar-refractivity contribution in [2.75, 3.05) is 6.54 Å². The molecule has 180 valence electrons. The number of hydrogen-bond acceptors (Lipinski definition) is 2. The SMILES string of the molecule is CCCCCCCCCCCCCCCCCCCNS(=O)(=O)c1cc(Cl)ccc1Cl. The Balaban J connectivity index is 1.90. The Bertz CT molecular complexity index is 680. The highest BCUT2D eigenvalue weighted by Gasteiger charge is 2.17. The molecule has 1 rings (SSSR count). The number of hydrogen-bond donors (Lipinski definition) is 1. The van der Waals surface area contributed by atoms with Crippen molar-refractivity contribution < 1.29 is 8.42 Å². The van der Waals surface area contributed by atoms with Gasteiger partial charge in [0.15, 0.2) is 0 Å². The molecule has 31 heavy (non-hydrogen) atoms. The highest BCUT2D eigenvalue weighted by Crippen LogP contribution is 2.24. The number of nitrogens with one attached hydrogen (secondary N) is 1. The summed E-state index contributed by atoms with van der Waals surface area (Å²) in [6.07, 6.45) is 22.3. The molecule has 0 aromatic heterocycles. The lowest BCUT2D eigenvalue weighted by Gasteiger charge is -2.09. The van der Waals surface area contributed by atoms with E-state index in [9.17, 15) is 8.42 Å². The Hall–Kier alpha value is -0.290. The molecular formula is C25H43Cl2NO2S. The lowest BCUT2D eigenvalue weighted by Crippen LogP contribution is -2.25. The molecule has 1 aromatic carbocycles. The Kier molecular flexibility index (Phi) is 16.8. The molecule has 3 nitrogen and oxygen atoms in total. The van der Waals surface area contributed by atoms with Gasteiger partial charge >= 0.3 is 0 Å². The summed E-state index contributed by atoms with van der Waals surface area (Å²) in [4.78, 5) is 0.0497. The molecule has 0 bridgehead atoms. The van der Waals surface area contributed by atoms with Crippen LogP contribution in [0.3, 0.4) is 0 Å². The summed E-state index contributed by atoms with van der Waals surface area (Å²) in [5.74, 6) is 0. The fourth-order valence-corrected chi connectivity index (χ4v) is 5.65. The van der Waals surface area contributed by atoms with Gasteiger partial charge in [-0.05, 0) is 24.6 Å². The van der Waals surface area contributed by atoms with Gasteiger partial charge in [0.2, 0.25) is 10.0 Å². The molecule has 0 aliphatic rings. The lowest BCUT2D eigenvalue weighted by molar-refractivity contribution is 0.526. The van der Waals surface area contributed by atoms with E-state index in [0.717, 1.165) is 19.3 Å². The topological polar surface area (TPSA) is 46.2 Å². The average molecular weight is 493 g/mol. The summed E-state index contributed by atoms with van der Waals surface area (Å²) in [6, 6.07) is 4.48. The number of halogens is 2. The standard InChI is InChI=1S/C25H43Cl2NO2S/c1-2-3-4-5-6-7-8-9-10-11-12-13-14-15-16-17-18-21-28-31(29,30)25-22-23(26)19-20-24(25)27/h19-20,22,28H,2-18,21H2,1H3. The molecule has 1 aromatic rings. The number of benzene rings is 1. The summed E-state index contributed by atoms with van der Waals surface area (Å²) in [5.41, 5.74) is 0. The normalized spacial score (nSPS) is 11.8. The van der Waals surface area contributed by atoms with Gasteiger partial charge in [-0.25, -0.2) is 13.1 Å². The third kappa shape index (κ3) is 14.5. The summed E-state index contributed by atoms with van der Waals surface area (Å²) >= 11 is 11.9. The van der Waals surface area contributed by atoms with E-state index < -0.39 is 10.0 Å². The van der Waals surface area contributed by atoms with Crippen molar-refractivity contribution in [2.45, 2.75) is 121 Å². The molecule has 0 saturated carbocycles. The van der Waals surface area contributed by atoms with E-state index in [1.54, 1.807) is 6.07 Å². The third-order valence-electron chi connectivity index (χ3n) is 5.76. The van der Waals surface area contributed by atoms with Gasteiger partial charge in [-0.1, -0.05) is 133 Å². The Morgan fingerprint density at radius 2 is 1.10 bits per heavy atom. The van der Waals surface area contributed by atoms with Gasteiger partial charge in [-0.15, -0.1) is 0 Å². The van der Waals surface area contributed by atoms with Crippen molar-refractivity contribution >= 4 is 33.2 Å². The molecule has 0 radical (unpaired) electrons. The number of unbranched alkanes of at least 4 members (excludes halogenated alkanes) is 16. The first-order valence-electron chi connectivity index (χ1n) is 12.4. The Labute approximate surface area is 201 Å². The maximum atomic E-state index is 12.3. The maximum Gasteiger partial charge on any atom is 0.242 e. The van der Waals surface area contributed by atoms with E-state index in [2.05, 4.69) is 11.6 Å². The van der Waals surface area contributed by atoms with E-state index in [1.807, 2.05) is 0 Å². The van der Waals surface area contributed by atoms with E-state index in [-0.39, 0.29) is 9.92 Å². The zero-order valence-electron chi connectivity index (χ0n) is 19.4. The number of sulfonamides is 1. The van der Waals surface area contributed by atoms with Crippen LogP contribution < -0.4 is 4.72 Å². The second-order valence-corrected chi connectivity index (χ2v) is 11.2. The van der Waals surface area contributed by atoms with Crippen LogP contribution >= 0.6 is 23.2 Å². The van der Waals surface area contributed by atoms with E-state index in [1.165, 1.54) is 102 Å². The first-order chi connectivity index (χ1) is 15.0. The van der Waals surface area contributed by atoms with Crippen molar-refractivity contribution in [3.63, 3.8) is 0 Å². The molecule has 0 spiro atoms. The van der Waals surface area contributed by atoms with E-state index in [0.29, 0.717) is 11.6 Å². The minimum Gasteiger partial charge on any atom is -0.211 e. The monoisotopic (exact) mass is 491 g/mol. The van der Waals surface area contributed by atoms with Gasteiger partial charge in [0.05, 0.1) is 5.02 Å². The van der Waals surface area contributed by atoms with Gasteiger partial charge < -0.3 is 0 Å². The predicted octanol–water partition coefficient (Wildman–Crippen LogP) is 8.92. The molecule has 0 atom stereocenters. The molecule has 0 unspecified atom stereocenters. The predicted molar refractivity (Wildman–Crippen MR) is 136 cm³/mol. The van der Waals surface area contributed by atoms with Gasteiger partial charge in [0.25, 0.3) is 0 Å². The second kappa shape index (κ2) is 18.2. The molecule has 0 aliphatic carbocycles. The summed E-state index contributed by atoms with van der Waals surface area (Å²) in [7, 11) is -3.60. The van der Waals surface area contributed by atoms with Crippen LogP contribution in [0.1, 0.15) is 116 Å². The minimum absolute atomic E-state index is 0.0497. The van der Waals surface area contributed by atoms with Crippen LogP contribution in [0, 0.1) is 0 Å².